The lowest BCUT2D eigenvalue weighted by Gasteiger charge is -2.15. The monoisotopic (exact) mass is 258 g/mol. The van der Waals surface area contributed by atoms with Crippen molar-refractivity contribution < 1.29 is 4.79 Å². The third-order valence-corrected chi connectivity index (χ3v) is 3.12. The molecule has 1 unspecified atom stereocenters. The third-order valence-electron chi connectivity index (χ3n) is 3.12. The van der Waals surface area contributed by atoms with Gasteiger partial charge in [0.1, 0.15) is 12.2 Å². The number of benzene rings is 1. The van der Waals surface area contributed by atoms with Crippen LogP contribution in [0, 0.1) is 0 Å². The molecular weight excluding hydrogens is 244 g/mol. The summed E-state index contributed by atoms with van der Waals surface area (Å²) < 4.78 is 0. The van der Waals surface area contributed by atoms with E-state index in [1.54, 1.807) is 0 Å². The summed E-state index contributed by atoms with van der Waals surface area (Å²) in [6.07, 6.45) is 1.84. The van der Waals surface area contributed by atoms with Gasteiger partial charge >= 0.3 is 0 Å². The van der Waals surface area contributed by atoms with Crippen molar-refractivity contribution in [1.29, 1.82) is 0 Å². The minimum Gasteiger partial charge on any atom is -0.397 e. The lowest BCUT2D eigenvalue weighted by atomic mass is 10.1. The number of fused-ring (bicyclic) bond motifs is 1. The molecule has 3 rings (SSSR count). The van der Waals surface area contributed by atoms with E-state index in [1.165, 1.54) is 6.33 Å². The van der Waals surface area contributed by atoms with Crippen LogP contribution in [0.1, 0.15) is 24.4 Å². The Hall–Kier alpha value is -2.57. The molecule has 7 nitrogen and oxygen atoms in total. The molecule has 5 N–H and O–H groups in total. The standard InChI is InChI=1S/C12H14N6O/c1-6(12-14-5-15-18-12)16-10-4-9-7(2-8(10)13)3-11(19)17-9/h2,4-6,16H,3,13H2,1H3,(H,17,19)(H,14,15,18). The average molecular weight is 258 g/mol. The molecule has 1 aliphatic heterocycles. The van der Waals surface area contributed by atoms with Gasteiger partial charge in [-0.05, 0) is 24.6 Å². The molecule has 1 atom stereocenters. The highest BCUT2D eigenvalue weighted by molar-refractivity contribution is 6.00. The maximum Gasteiger partial charge on any atom is 0.228 e. The molecule has 1 aromatic heterocycles. The Kier molecular flexibility index (Phi) is 2.59. The van der Waals surface area contributed by atoms with E-state index in [0.29, 0.717) is 12.1 Å². The number of nitrogen functional groups attached to an aromatic ring is 1. The number of amides is 1. The number of hydrogen-bond acceptors (Lipinski definition) is 5. The lowest BCUT2D eigenvalue weighted by molar-refractivity contribution is -0.115. The van der Waals surface area contributed by atoms with Crippen LogP contribution >= 0.6 is 0 Å². The second kappa shape index (κ2) is 4.27. The Morgan fingerprint density at radius 2 is 2.32 bits per heavy atom. The third kappa shape index (κ3) is 2.10. The molecule has 7 heteroatoms. The summed E-state index contributed by atoms with van der Waals surface area (Å²) in [5, 5.41) is 12.7. The molecule has 0 saturated heterocycles. The van der Waals surface area contributed by atoms with E-state index in [1.807, 2.05) is 19.1 Å². The van der Waals surface area contributed by atoms with E-state index in [-0.39, 0.29) is 11.9 Å². The summed E-state index contributed by atoms with van der Waals surface area (Å²) in [6.45, 7) is 1.95. The first-order valence-corrected chi connectivity index (χ1v) is 5.97. The zero-order valence-electron chi connectivity index (χ0n) is 10.4. The van der Waals surface area contributed by atoms with Crippen LogP contribution < -0.4 is 16.4 Å². The molecule has 0 spiro atoms. The Labute approximate surface area is 109 Å². The fourth-order valence-electron chi connectivity index (χ4n) is 2.14. The number of nitrogens with zero attached hydrogens (tertiary/aromatic N) is 2. The van der Waals surface area contributed by atoms with Crippen molar-refractivity contribution in [2.75, 3.05) is 16.4 Å². The molecule has 0 saturated carbocycles. The Bertz CT molecular complexity index is 621. The van der Waals surface area contributed by atoms with Gasteiger partial charge in [-0.3, -0.25) is 9.89 Å². The Morgan fingerprint density at radius 3 is 3.05 bits per heavy atom. The maximum absolute atomic E-state index is 11.3. The van der Waals surface area contributed by atoms with Crippen LogP contribution in [0.4, 0.5) is 17.1 Å². The number of hydrogen-bond donors (Lipinski definition) is 4. The number of nitrogens with one attached hydrogen (secondary N) is 3. The van der Waals surface area contributed by atoms with Crippen molar-refractivity contribution in [3.63, 3.8) is 0 Å². The number of carbonyl (C=O) groups is 1. The van der Waals surface area contributed by atoms with E-state index in [2.05, 4.69) is 25.8 Å². The first-order valence-electron chi connectivity index (χ1n) is 5.97. The molecule has 1 amide bonds. The summed E-state index contributed by atoms with van der Waals surface area (Å²) in [7, 11) is 0. The van der Waals surface area contributed by atoms with Gasteiger partial charge in [-0.1, -0.05) is 0 Å². The van der Waals surface area contributed by atoms with Crippen molar-refractivity contribution >= 4 is 23.0 Å². The van der Waals surface area contributed by atoms with Crippen LogP contribution in [0.25, 0.3) is 0 Å². The van der Waals surface area contributed by atoms with Crippen molar-refractivity contribution in [1.82, 2.24) is 15.2 Å². The molecule has 0 radical (unpaired) electrons. The van der Waals surface area contributed by atoms with Crippen LogP contribution in [0.15, 0.2) is 18.5 Å². The quantitative estimate of drug-likeness (QED) is 0.615. The number of nitrogens with two attached hydrogens (primary N) is 1. The van der Waals surface area contributed by atoms with E-state index in [9.17, 15) is 4.79 Å². The Balaban J connectivity index is 1.86. The zero-order chi connectivity index (χ0) is 13.4. The number of rotatable bonds is 3. The maximum atomic E-state index is 11.3. The molecule has 98 valence electrons. The van der Waals surface area contributed by atoms with Gasteiger partial charge in [0.2, 0.25) is 5.91 Å². The fraction of sp³-hybridized carbons (Fsp3) is 0.250. The second-order valence-corrected chi connectivity index (χ2v) is 4.56. The van der Waals surface area contributed by atoms with Gasteiger partial charge < -0.3 is 16.4 Å². The summed E-state index contributed by atoms with van der Waals surface area (Å²) in [5.41, 5.74) is 9.12. The zero-order valence-corrected chi connectivity index (χ0v) is 10.4. The molecule has 19 heavy (non-hydrogen) atoms. The summed E-state index contributed by atoms with van der Waals surface area (Å²) in [6, 6.07) is 3.62. The first-order chi connectivity index (χ1) is 9.13. The number of anilines is 3. The number of carbonyl (C=O) groups excluding carboxylic acids is 1. The van der Waals surface area contributed by atoms with Gasteiger partial charge in [0.05, 0.1) is 23.8 Å². The average Bonchev–Trinajstić information content (AvgIpc) is 2.97. The minimum atomic E-state index is -0.0556. The van der Waals surface area contributed by atoms with Crippen LogP contribution in [0.5, 0.6) is 0 Å². The van der Waals surface area contributed by atoms with E-state index < -0.39 is 0 Å². The van der Waals surface area contributed by atoms with Crippen molar-refractivity contribution in [2.24, 2.45) is 0 Å². The summed E-state index contributed by atoms with van der Waals surface area (Å²) in [5.74, 6) is 0.721. The molecule has 1 aromatic carbocycles. The van der Waals surface area contributed by atoms with E-state index in [4.69, 9.17) is 5.73 Å². The number of H-pyrrole nitrogens is 1. The highest BCUT2D eigenvalue weighted by Gasteiger charge is 2.20. The van der Waals surface area contributed by atoms with Crippen molar-refractivity contribution in [3.8, 4) is 0 Å². The van der Waals surface area contributed by atoms with Gasteiger partial charge in [0.15, 0.2) is 0 Å². The smallest absolute Gasteiger partial charge is 0.228 e. The Morgan fingerprint density at radius 1 is 1.47 bits per heavy atom. The molecule has 0 bridgehead atoms. The van der Waals surface area contributed by atoms with Crippen molar-refractivity contribution in [2.45, 2.75) is 19.4 Å². The predicted molar refractivity (Wildman–Crippen MR) is 71.6 cm³/mol. The predicted octanol–water partition coefficient (Wildman–Crippen LogP) is 1.05. The molecule has 2 aromatic rings. The lowest BCUT2D eigenvalue weighted by Crippen LogP contribution is -2.10. The van der Waals surface area contributed by atoms with E-state index in [0.717, 1.165) is 22.8 Å². The highest BCUT2D eigenvalue weighted by atomic mass is 16.1. The normalized spacial score (nSPS) is 14.9. The van der Waals surface area contributed by atoms with Gasteiger partial charge in [-0.15, -0.1) is 0 Å². The van der Waals surface area contributed by atoms with Gasteiger partial charge in [-0.25, -0.2) is 4.98 Å². The van der Waals surface area contributed by atoms with Crippen LogP contribution in [-0.2, 0) is 11.2 Å². The van der Waals surface area contributed by atoms with Crippen LogP contribution in [0.3, 0.4) is 0 Å². The summed E-state index contributed by atoms with van der Waals surface area (Å²) >= 11 is 0. The van der Waals surface area contributed by atoms with E-state index >= 15 is 0 Å². The molecular formula is C12H14N6O. The van der Waals surface area contributed by atoms with Gasteiger partial charge in [0, 0.05) is 5.69 Å². The van der Waals surface area contributed by atoms with Crippen LogP contribution in [-0.4, -0.2) is 21.1 Å². The summed E-state index contributed by atoms with van der Waals surface area (Å²) in [4.78, 5) is 15.4. The highest BCUT2D eigenvalue weighted by Crippen LogP contribution is 2.32. The molecule has 2 heterocycles. The molecule has 0 fully saturated rings. The molecule has 1 aliphatic rings. The minimum absolute atomic E-state index is 0.00478. The SMILES string of the molecule is CC(Nc1cc2c(cc1N)CC(=O)N2)c1ncn[nH]1. The largest absolute Gasteiger partial charge is 0.397 e. The fourth-order valence-corrected chi connectivity index (χ4v) is 2.14. The van der Waals surface area contributed by atoms with Crippen LogP contribution in [0.2, 0.25) is 0 Å². The molecule has 0 aliphatic carbocycles. The number of aromatic nitrogens is 3. The number of aromatic amines is 1. The van der Waals surface area contributed by atoms with Gasteiger partial charge in [-0.2, -0.15) is 5.10 Å². The first kappa shape index (κ1) is 11.5. The second-order valence-electron chi connectivity index (χ2n) is 4.56. The topological polar surface area (TPSA) is 109 Å². The van der Waals surface area contributed by atoms with Gasteiger partial charge in [0.25, 0.3) is 0 Å². The van der Waals surface area contributed by atoms with Crippen molar-refractivity contribution in [3.05, 3.63) is 29.8 Å².